The summed E-state index contributed by atoms with van der Waals surface area (Å²) in [4.78, 5) is 30.2. The van der Waals surface area contributed by atoms with Gasteiger partial charge in [-0.1, -0.05) is 30.0 Å². The van der Waals surface area contributed by atoms with Crippen molar-refractivity contribution in [2.75, 3.05) is 12.3 Å². The van der Waals surface area contributed by atoms with E-state index in [1.807, 2.05) is 0 Å². The van der Waals surface area contributed by atoms with Gasteiger partial charge in [0, 0.05) is 24.7 Å². The Labute approximate surface area is 134 Å². The summed E-state index contributed by atoms with van der Waals surface area (Å²) in [7, 11) is 1.74. The molecule has 0 aliphatic carbocycles. The number of hydrogen-bond donors (Lipinski definition) is 2. The number of thioether (sulfide) groups is 1. The minimum Gasteiger partial charge on any atom is -0.350 e. The van der Waals surface area contributed by atoms with Crippen LogP contribution in [0.3, 0.4) is 0 Å². The minimum absolute atomic E-state index is 0.120. The van der Waals surface area contributed by atoms with Crippen LogP contribution in [0.5, 0.6) is 0 Å². The van der Waals surface area contributed by atoms with E-state index in [1.165, 1.54) is 11.8 Å². The fourth-order valence-corrected chi connectivity index (χ4v) is 2.72. The Morgan fingerprint density at radius 3 is 3.00 bits per heavy atom. The molecular formula is C13H13N7O2S. The summed E-state index contributed by atoms with van der Waals surface area (Å²) < 4.78 is 1.55. The molecule has 23 heavy (non-hydrogen) atoms. The molecule has 118 valence electrons. The summed E-state index contributed by atoms with van der Waals surface area (Å²) in [5.74, 6) is 0.213. The van der Waals surface area contributed by atoms with Gasteiger partial charge < -0.3 is 10.3 Å². The number of carbonyl (C=O) groups excluding carboxylic acids is 1. The topological polar surface area (TPSA) is 118 Å². The number of nitrogens with zero attached hydrogens (tertiary/aromatic N) is 5. The first kappa shape index (κ1) is 15.2. The van der Waals surface area contributed by atoms with E-state index in [1.54, 1.807) is 36.0 Å². The molecule has 0 atom stereocenters. The lowest BCUT2D eigenvalue weighted by molar-refractivity contribution is 0.0952. The number of carbonyl (C=O) groups is 1. The number of amides is 1. The highest BCUT2D eigenvalue weighted by Gasteiger charge is 2.13. The predicted molar refractivity (Wildman–Crippen MR) is 84.2 cm³/mol. The highest BCUT2D eigenvalue weighted by molar-refractivity contribution is 7.99. The Balaban J connectivity index is 1.67. The van der Waals surface area contributed by atoms with Crippen LogP contribution in [-0.4, -0.2) is 48.4 Å². The third kappa shape index (κ3) is 3.37. The highest BCUT2D eigenvalue weighted by Crippen LogP contribution is 2.13. The van der Waals surface area contributed by atoms with Gasteiger partial charge in [0.1, 0.15) is 5.69 Å². The maximum Gasteiger partial charge on any atom is 0.346 e. The molecule has 0 saturated heterocycles. The molecule has 1 aromatic carbocycles. The Morgan fingerprint density at radius 2 is 2.22 bits per heavy atom. The summed E-state index contributed by atoms with van der Waals surface area (Å²) in [6, 6.07) is 7.04. The van der Waals surface area contributed by atoms with Crippen molar-refractivity contribution >= 4 is 28.6 Å². The summed E-state index contributed by atoms with van der Waals surface area (Å²) in [6.07, 6.45) is 0. The van der Waals surface area contributed by atoms with Gasteiger partial charge in [0.2, 0.25) is 5.16 Å². The third-order valence-electron chi connectivity index (χ3n) is 3.05. The van der Waals surface area contributed by atoms with Crippen molar-refractivity contribution in [2.24, 2.45) is 7.05 Å². The van der Waals surface area contributed by atoms with E-state index in [0.717, 1.165) is 0 Å². The molecule has 1 amide bonds. The average Bonchev–Trinajstić information content (AvgIpc) is 2.95. The summed E-state index contributed by atoms with van der Waals surface area (Å²) in [5, 5.41) is 15.1. The smallest absolute Gasteiger partial charge is 0.346 e. The van der Waals surface area contributed by atoms with E-state index in [2.05, 4.69) is 30.8 Å². The van der Waals surface area contributed by atoms with Crippen LogP contribution in [-0.2, 0) is 7.05 Å². The van der Waals surface area contributed by atoms with Crippen LogP contribution >= 0.6 is 11.8 Å². The molecule has 0 spiro atoms. The van der Waals surface area contributed by atoms with Gasteiger partial charge in [-0.3, -0.25) is 4.79 Å². The predicted octanol–water partition coefficient (Wildman–Crippen LogP) is -0.0313. The van der Waals surface area contributed by atoms with Crippen molar-refractivity contribution in [3.05, 3.63) is 40.4 Å². The maximum atomic E-state index is 12.3. The summed E-state index contributed by atoms with van der Waals surface area (Å²) in [5.41, 5.74) is 0.153. The SMILES string of the molecule is Cn1nnnc1SCCNC(=O)c1nc(=O)[nH]c2ccccc12. The monoisotopic (exact) mass is 331 g/mol. The second-order valence-electron chi connectivity index (χ2n) is 4.63. The number of benzene rings is 1. The molecule has 0 aliphatic heterocycles. The van der Waals surface area contributed by atoms with Crippen molar-refractivity contribution in [2.45, 2.75) is 5.16 Å². The second kappa shape index (κ2) is 6.57. The van der Waals surface area contributed by atoms with Crippen LogP contribution in [0.4, 0.5) is 0 Å². The molecule has 0 aliphatic rings. The van der Waals surface area contributed by atoms with E-state index in [4.69, 9.17) is 0 Å². The van der Waals surface area contributed by atoms with Crippen molar-refractivity contribution < 1.29 is 4.79 Å². The van der Waals surface area contributed by atoms with Crippen LogP contribution in [0, 0.1) is 0 Å². The minimum atomic E-state index is -0.548. The Hall–Kier alpha value is -2.75. The number of aryl methyl sites for hydroxylation is 1. The van der Waals surface area contributed by atoms with Gasteiger partial charge in [0.15, 0.2) is 0 Å². The zero-order chi connectivity index (χ0) is 16.2. The van der Waals surface area contributed by atoms with Crippen molar-refractivity contribution in [3.63, 3.8) is 0 Å². The fraction of sp³-hybridized carbons (Fsp3) is 0.231. The molecule has 3 aromatic rings. The van der Waals surface area contributed by atoms with Crippen LogP contribution in [0.2, 0.25) is 0 Å². The standard InChI is InChI=1S/C13H13N7O2S/c1-20-13(17-18-19-20)23-7-6-14-11(21)10-8-4-2-3-5-9(8)15-12(22)16-10/h2-5H,6-7H2,1H3,(H,14,21)(H,15,16,22). The number of aromatic amines is 1. The van der Waals surface area contributed by atoms with Crippen LogP contribution in [0.25, 0.3) is 10.9 Å². The van der Waals surface area contributed by atoms with Crippen molar-refractivity contribution in [1.29, 1.82) is 0 Å². The van der Waals surface area contributed by atoms with E-state index >= 15 is 0 Å². The Kier molecular flexibility index (Phi) is 4.33. The van der Waals surface area contributed by atoms with Crippen molar-refractivity contribution in [1.82, 2.24) is 35.5 Å². The summed E-state index contributed by atoms with van der Waals surface area (Å²) in [6.45, 7) is 0.402. The van der Waals surface area contributed by atoms with Gasteiger partial charge in [-0.2, -0.15) is 4.98 Å². The van der Waals surface area contributed by atoms with Gasteiger partial charge >= 0.3 is 5.69 Å². The molecule has 0 unspecified atom stereocenters. The average molecular weight is 331 g/mol. The highest BCUT2D eigenvalue weighted by atomic mass is 32.2. The number of hydrogen-bond acceptors (Lipinski definition) is 7. The molecule has 10 heteroatoms. The molecule has 0 bridgehead atoms. The Bertz CT molecular complexity index is 904. The molecule has 2 N–H and O–H groups in total. The molecule has 3 rings (SSSR count). The maximum absolute atomic E-state index is 12.3. The largest absolute Gasteiger partial charge is 0.350 e. The lowest BCUT2D eigenvalue weighted by Gasteiger charge is -2.06. The van der Waals surface area contributed by atoms with E-state index in [9.17, 15) is 9.59 Å². The number of para-hydroxylation sites is 1. The first-order valence-electron chi connectivity index (χ1n) is 6.77. The molecule has 9 nitrogen and oxygen atoms in total. The number of H-pyrrole nitrogens is 1. The molecule has 0 fully saturated rings. The third-order valence-corrected chi connectivity index (χ3v) is 4.06. The van der Waals surface area contributed by atoms with E-state index in [0.29, 0.717) is 28.4 Å². The normalized spacial score (nSPS) is 10.8. The summed E-state index contributed by atoms with van der Waals surface area (Å²) >= 11 is 1.42. The number of aromatic nitrogens is 6. The van der Waals surface area contributed by atoms with Crippen LogP contribution in [0.15, 0.2) is 34.2 Å². The lowest BCUT2D eigenvalue weighted by atomic mass is 10.2. The number of rotatable bonds is 5. The number of fused-ring (bicyclic) bond motifs is 1. The molecule has 0 saturated carbocycles. The van der Waals surface area contributed by atoms with Gasteiger partial charge in [0.25, 0.3) is 5.91 Å². The van der Waals surface area contributed by atoms with E-state index < -0.39 is 5.69 Å². The second-order valence-corrected chi connectivity index (χ2v) is 5.69. The first-order chi connectivity index (χ1) is 11.1. The number of tetrazole rings is 1. The molecular weight excluding hydrogens is 318 g/mol. The molecule has 2 aromatic heterocycles. The van der Waals surface area contributed by atoms with Crippen LogP contribution < -0.4 is 11.0 Å². The zero-order valence-corrected chi connectivity index (χ0v) is 13.0. The fourth-order valence-electron chi connectivity index (χ4n) is 2.01. The number of nitrogens with one attached hydrogen (secondary N) is 2. The first-order valence-corrected chi connectivity index (χ1v) is 7.76. The molecule has 0 radical (unpaired) electrons. The quantitative estimate of drug-likeness (QED) is 0.498. The van der Waals surface area contributed by atoms with Gasteiger partial charge in [-0.05, 0) is 16.5 Å². The molecule has 2 heterocycles. The lowest BCUT2D eigenvalue weighted by Crippen LogP contribution is -2.29. The van der Waals surface area contributed by atoms with Gasteiger partial charge in [-0.15, -0.1) is 5.10 Å². The Morgan fingerprint density at radius 1 is 1.39 bits per heavy atom. The zero-order valence-electron chi connectivity index (χ0n) is 12.2. The van der Waals surface area contributed by atoms with Gasteiger partial charge in [0.05, 0.1) is 5.52 Å². The van der Waals surface area contributed by atoms with Crippen molar-refractivity contribution in [3.8, 4) is 0 Å². The van der Waals surface area contributed by atoms with Gasteiger partial charge in [-0.25, -0.2) is 9.48 Å². The van der Waals surface area contributed by atoms with E-state index in [-0.39, 0.29) is 11.6 Å². The van der Waals surface area contributed by atoms with Crippen LogP contribution in [0.1, 0.15) is 10.5 Å².